The van der Waals surface area contributed by atoms with Crippen LogP contribution in [0, 0.1) is 6.92 Å². The molecule has 2 aromatic rings. The molecule has 0 radical (unpaired) electrons. The fourth-order valence-electron chi connectivity index (χ4n) is 2.38. The minimum atomic E-state index is 0.604. The van der Waals surface area contributed by atoms with Crippen LogP contribution in [-0.2, 0) is 13.0 Å². The number of fused-ring (bicyclic) bond motifs is 1. The SMILES string of the molecule is Cc1cc(C=O)cnc1Sc1nnc2n1CCCCC2. The lowest BCUT2D eigenvalue weighted by Crippen LogP contribution is -2.02. The van der Waals surface area contributed by atoms with Gasteiger partial charge in [-0.2, -0.15) is 0 Å². The van der Waals surface area contributed by atoms with E-state index >= 15 is 0 Å². The molecular formula is C14H16N4OS. The molecule has 104 valence electrons. The average molecular weight is 288 g/mol. The summed E-state index contributed by atoms with van der Waals surface area (Å²) in [6.45, 7) is 2.94. The third-order valence-electron chi connectivity index (χ3n) is 3.45. The highest BCUT2D eigenvalue weighted by atomic mass is 32.2. The van der Waals surface area contributed by atoms with E-state index in [1.165, 1.54) is 31.0 Å². The van der Waals surface area contributed by atoms with Crippen molar-refractivity contribution in [3.63, 3.8) is 0 Å². The Balaban J connectivity index is 1.88. The third-order valence-corrected chi connectivity index (χ3v) is 4.56. The van der Waals surface area contributed by atoms with Crippen LogP contribution in [-0.4, -0.2) is 26.0 Å². The van der Waals surface area contributed by atoms with Crippen LogP contribution >= 0.6 is 11.8 Å². The normalized spacial score (nSPS) is 14.7. The summed E-state index contributed by atoms with van der Waals surface area (Å²) in [5.74, 6) is 1.08. The lowest BCUT2D eigenvalue weighted by Gasteiger charge is -2.07. The van der Waals surface area contributed by atoms with Gasteiger partial charge in [0.15, 0.2) is 11.4 Å². The highest BCUT2D eigenvalue weighted by Gasteiger charge is 2.16. The van der Waals surface area contributed by atoms with Gasteiger partial charge in [0.2, 0.25) is 0 Å². The third kappa shape index (κ3) is 2.60. The van der Waals surface area contributed by atoms with Crippen LogP contribution in [0.1, 0.15) is 41.0 Å². The van der Waals surface area contributed by atoms with Gasteiger partial charge in [-0.05, 0) is 43.2 Å². The number of rotatable bonds is 3. The van der Waals surface area contributed by atoms with E-state index in [0.717, 1.165) is 40.8 Å². The molecular weight excluding hydrogens is 272 g/mol. The van der Waals surface area contributed by atoms with Crippen molar-refractivity contribution in [2.45, 2.75) is 49.3 Å². The van der Waals surface area contributed by atoms with Crippen molar-refractivity contribution < 1.29 is 4.79 Å². The Hall–Kier alpha value is -1.69. The predicted molar refractivity (Wildman–Crippen MR) is 76.1 cm³/mol. The molecule has 5 nitrogen and oxygen atoms in total. The maximum Gasteiger partial charge on any atom is 0.197 e. The standard InChI is InChI=1S/C14H16N4OS/c1-10-7-11(9-19)8-15-13(10)20-14-17-16-12-5-3-2-4-6-18(12)14/h7-9H,2-6H2,1H3. The maximum atomic E-state index is 10.7. The van der Waals surface area contributed by atoms with Gasteiger partial charge in [0.1, 0.15) is 10.9 Å². The van der Waals surface area contributed by atoms with Crippen molar-refractivity contribution in [2.24, 2.45) is 0 Å². The Bertz CT molecular complexity index is 638. The van der Waals surface area contributed by atoms with Gasteiger partial charge in [0.05, 0.1) is 0 Å². The summed E-state index contributed by atoms with van der Waals surface area (Å²) in [6.07, 6.45) is 7.03. The van der Waals surface area contributed by atoms with Crippen LogP contribution in [0.4, 0.5) is 0 Å². The molecule has 0 saturated carbocycles. The first-order chi connectivity index (χ1) is 9.78. The Morgan fingerprint density at radius 1 is 1.30 bits per heavy atom. The number of aldehydes is 1. The highest BCUT2D eigenvalue weighted by molar-refractivity contribution is 7.99. The smallest absolute Gasteiger partial charge is 0.197 e. The first-order valence-electron chi connectivity index (χ1n) is 6.79. The molecule has 20 heavy (non-hydrogen) atoms. The summed E-state index contributed by atoms with van der Waals surface area (Å²) in [7, 11) is 0. The van der Waals surface area contributed by atoms with Crippen molar-refractivity contribution >= 4 is 18.0 Å². The second-order valence-electron chi connectivity index (χ2n) is 4.97. The Morgan fingerprint density at radius 2 is 2.20 bits per heavy atom. The number of carbonyl (C=O) groups excluding carboxylic acids is 1. The zero-order valence-electron chi connectivity index (χ0n) is 11.4. The van der Waals surface area contributed by atoms with E-state index in [2.05, 4.69) is 19.7 Å². The second kappa shape index (κ2) is 5.75. The summed E-state index contributed by atoms with van der Waals surface area (Å²) in [5.41, 5.74) is 1.59. The Labute approximate surface area is 121 Å². The number of carbonyl (C=O) groups is 1. The van der Waals surface area contributed by atoms with Crippen LogP contribution < -0.4 is 0 Å². The van der Waals surface area contributed by atoms with E-state index in [0.29, 0.717) is 5.56 Å². The van der Waals surface area contributed by atoms with Crippen LogP contribution in [0.3, 0.4) is 0 Å². The van der Waals surface area contributed by atoms with Crippen molar-refractivity contribution in [1.82, 2.24) is 19.7 Å². The van der Waals surface area contributed by atoms with Crippen LogP contribution in [0.15, 0.2) is 22.4 Å². The van der Waals surface area contributed by atoms with Crippen molar-refractivity contribution in [1.29, 1.82) is 0 Å². The molecule has 1 aliphatic rings. The van der Waals surface area contributed by atoms with Crippen molar-refractivity contribution in [3.8, 4) is 0 Å². The molecule has 0 saturated heterocycles. The van der Waals surface area contributed by atoms with Gasteiger partial charge in [-0.1, -0.05) is 6.42 Å². The minimum absolute atomic E-state index is 0.604. The van der Waals surface area contributed by atoms with Crippen LogP contribution in [0.25, 0.3) is 0 Å². The van der Waals surface area contributed by atoms with Crippen LogP contribution in [0.5, 0.6) is 0 Å². The molecule has 0 bridgehead atoms. The lowest BCUT2D eigenvalue weighted by molar-refractivity contribution is 0.112. The van der Waals surface area contributed by atoms with Gasteiger partial charge in [-0.15, -0.1) is 10.2 Å². The number of aryl methyl sites for hydroxylation is 2. The molecule has 3 rings (SSSR count). The first kappa shape index (κ1) is 13.3. The predicted octanol–water partition coefficient (Wildman–Crippen LogP) is 2.67. The molecule has 0 aromatic carbocycles. The largest absolute Gasteiger partial charge is 0.306 e. The maximum absolute atomic E-state index is 10.7. The molecule has 1 aliphatic heterocycles. The molecule has 3 heterocycles. The van der Waals surface area contributed by atoms with E-state index < -0.39 is 0 Å². The molecule has 0 unspecified atom stereocenters. The van der Waals surface area contributed by atoms with Gasteiger partial charge in [-0.3, -0.25) is 4.79 Å². The summed E-state index contributed by atoms with van der Waals surface area (Å²) in [6, 6.07) is 1.85. The summed E-state index contributed by atoms with van der Waals surface area (Å²) < 4.78 is 2.20. The zero-order valence-corrected chi connectivity index (χ0v) is 12.2. The van der Waals surface area contributed by atoms with E-state index in [1.807, 2.05) is 13.0 Å². The molecule has 0 atom stereocenters. The molecule has 0 aliphatic carbocycles. The highest BCUT2D eigenvalue weighted by Crippen LogP contribution is 2.29. The van der Waals surface area contributed by atoms with Crippen molar-refractivity contribution in [3.05, 3.63) is 29.2 Å². The number of pyridine rings is 1. The van der Waals surface area contributed by atoms with Gasteiger partial charge >= 0.3 is 0 Å². The summed E-state index contributed by atoms with van der Waals surface area (Å²) >= 11 is 1.53. The van der Waals surface area contributed by atoms with Gasteiger partial charge in [0, 0.05) is 24.7 Å². The molecule has 0 spiro atoms. The molecule has 6 heteroatoms. The van der Waals surface area contributed by atoms with E-state index in [1.54, 1.807) is 6.20 Å². The van der Waals surface area contributed by atoms with Gasteiger partial charge in [0.25, 0.3) is 0 Å². The average Bonchev–Trinajstić information content (AvgIpc) is 2.69. The van der Waals surface area contributed by atoms with E-state index in [4.69, 9.17) is 0 Å². The topological polar surface area (TPSA) is 60.7 Å². The van der Waals surface area contributed by atoms with Gasteiger partial charge < -0.3 is 4.57 Å². The van der Waals surface area contributed by atoms with Gasteiger partial charge in [-0.25, -0.2) is 4.98 Å². The molecule has 0 N–H and O–H groups in total. The number of nitrogens with zero attached hydrogens (tertiary/aromatic N) is 4. The Morgan fingerprint density at radius 3 is 3.00 bits per heavy atom. The number of hydrogen-bond donors (Lipinski definition) is 0. The monoisotopic (exact) mass is 288 g/mol. The van der Waals surface area contributed by atoms with Crippen molar-refractivity contribution in [2.75, 3.05) is 0 Å². The number of hydrogen-bond acceptors (Lipinski definition) is 5. The zero-order chi connectivity index (χ0) is 13.9. The molecule has 0 amide bonds. The second-order valence-corrected chi connectivity index (χ2v) is 5.93. The Kier molecular flexibility index (Phi) is 3.82. The fraction of sp³-hybridized carbons (Fsp3) is 0.429. The van der Waals surface area contributed by atoms with E-state index in [9.17, 15) is 4.79 Å². The fourth-order valence-corrected chi connectivity index (χ4v) is 3.26. The van der Waals surface area contributed by atoms with E-state index in [-0.39, 0.29) is 0 Å². The minimum Gasteiger partial charge on any atom is -0.306 e. The summed E-state index contributed by atoms with van der Waals surface area (Å²) in [5, 5.41) is 10.4. The summed E-state index contributed by atoms with van der Waals surface area (Å²) in [4.78, 5) is 15.1. The number of aromatic nitrogens is 4. The first-order valence-corrected chi connectivity index (χ1v) is 7.61. The molecule has 2 aromatic heterocycles. The lowest BCUT2D eigenvalue weighted by atomic mass is 10.2. The molecule has 0 fully saturated rings. The quantitative estimate of drug-likeness (QED) is 0.813. The van der Waals surface area contributed by atoms with Crippen LogP contribution in [0.2, 0.25) is 0 Å².